The van der Waals surface area contributed by atoms with Crippen molar-refractivity contribution in [3.8, 4) is 16.9 Å². The van der Waals surface area contributed by atoms with E-state index >= 15 is 0 Å². The van der Waals surface area contributed by atoms with E-state index in [1.807, 2.05) is 63.5 Å². The zero-order valence-corrected chi connectivity index (χ0v) is 15.0. The number of hydrogen-bond acceptors (Lipinski definition) is 3. The van der Waals surface area contributed by atoms with Crippen LogP contribution in [-0.2, 0) is 13.5 Å². The molecule has 128 valence electrons. The van der Waals surface area contributed by atoms with Gasteiger partial charge >= 0.3 is 0 Å². The summed E-state index contributed by atoms with van der Waals surface area (Å²) in [5.41, 5.74) is 5.95. The van der Waals surface area contributed by atoms with Gasteiger partial charge in [0.05, 0.1) is 18.9 Å². The average molecular weight is 334 g/mol. The van der Waals surface area contributed by atoms with Crippen molar-refractivity contribution >= 4 is 5.78 Å². The van der Waals surface area contributed by atoms with Crippen LogP contribution < -0.4 is 4.74 Å². The minimum Gasteiger partial charge on any atom is -0.496 e. The molecule has 0 atom stereocenters. The first-order valence-corrected chi connectivity index (χ1v) is 8.25. The number of Topliss-reactive ketones (excluding diaryl/α,β-unsaturated/α-hetero) is 1. The summed E-state index contributed by atoms with van der Waals surface area (Å²) in [5.74, 6) is 0.657. The van der Waals surface area contributed by atoms with Crippen LogP contribution in [0.15, 0.2) is 48.8 Å². The number of hydrogen-bond donors (Lipinski definition) is 0. The minimum atomic E-state index is 0.0620. The molecule has 3 aromatic rings. The second-order valence-corrected chi connectivity index (χ2v) is 6.29. The van der Waals surface area contributed by atoms with Gasteiger partial charge in [-0.2, -0.15) is 5.10 Å². The molecule has 3 rings (SSSR count). The van der Waals surface area contributed by atoms with E-state index in [2.05, 4.69) is 5.10 Å². The summed E-state index contributed by atoms with van der Waals surface area (Å²) < 4.78 is 7.24. The maximum absolute atomic E-state index is 12.9. The van der Waals surface area contributed by atoms with E-state index in [1.54, 1.807) is 18.0 Å². The van der Waals surface area contributed by atoms with E-state index in [0.29, 0.717) is 17.7 Å². The monoisotopic (exact) mass is 334 g/mol. The van der Waals surface area contributed by atoms with Crippen molar-refractivity contribution in [1.82, 2.24) is 9.78 Å². The van der Waals surface area contributed by atoms with E-state index in [4.69, 9.17) is 4.74 Å². The number of carbonyl (C=O) groups excluding carboxylic acids is 1. The Kier molecular flexibility index (Phi) is 4.70. The van der Waals surface area contributed by atoms with Gasteiger partial charge < -0.3 is 4.74 Å². The number of carbonyl (C=O) groups is 1. The molecule has 0 radical (unpaired) electrons. The first kappa shape index (κ1) is 17.0. The molecule has 1 aromatic heterocycles. The lowest BCUT2D eigenvalue weighted by Crippen LogP contribution is -2.08. The molecule has 4 heteroatoms. The predicted octanol–water partition coefficient (Wildman–Crippen LogP) is 4.14. The molecular weight excluding hydrogens is 312 g/mol. The molecule has 4 nitrogen and oxygen atoms in total. The van der Waals surface area contributed by atoms with Crippen LogP contribution in [0.1, 0.15) is 27.0 Å². The van der Waals surface area contributed by atoms with Crippen LogP contribution in [-0.4, -0.2) is 22.7 Å². The number of ether oxygens (including phenoxy) is 1. The van der Waals surface area contributed by atoms with E-state index < -0.39 is 0 Å². The molecule has 0 aliphatic carbocycles. The van der Waals surface area contributed by atoms with Crippen molar-refractivity contribution in [2.75, 3.05) is 7.11 Å². The Labute approximate surface area is 148 Å². The minimum absolute atomic E-state index is 0.0620. The maximum Gasteiger partial charge on any atom is 0.170 e. The van der Waals surface area contributed by atoms with Crippen LogP contribution in [0.5, 0.6) is 5.75 Å². The van der Waals surface area contributed by atoms with Crippen molar-refractivity contribution in [1.29, 1.82) is 0 Å². The molecule has 1 heterocycles. The van der Waals surface area contributed by atoms with Crippen molar-refractivity contribution < 1.29 is 9.53 Å². The smallest absolute Gasteiger partial charge is 0.170 e. The van der Waals surface area contributed by atoms with Gasteiger partial charge in [0.25, 0.3) is 0 Å². The van der Waals surface area contributed by atoms with Crippen LogP contribution in [0.25, 0.3) is 11.1 Å². The van der Waals surface area contributed by atoms with Gasteiger partial charge in [0.1, 0.15) is 5.75 Å². The summed E-state index contributed by atoms with van der Waals surface area (Å²) >= 11 is 0. The van der Waals surface area contributed by atoms with Crippen LogP contribution in [0.4, 0.5) is 0 Å². The average Bonchev–Trinajstić information content (AvgIpc) is 3.04. The Bertz CT molecular complexity index is 905. The molecule has 0 aliphatic heterocycles. The summed E-state index contributed by atoms with van der Waals surface area (Å²) in [6.07, 6.45) is 4.11. The molecule has 0 N–H and O–H groups in total. The molecule has 2 aromatic carbocycles. The van der Waals surface area contributed by atoms with Crippen LogP contribution >= 0.6 is 0 Å². The zero-order chi connectivity index (χ0) is 18.0. The van der Waals surface area contributed by atoms with Crippen LogP contribution in [0.2, 0.25) is 0 Å². The fourth-order valence-corrected chi connectivity index (χ4v) is 3.06. The number of benzene rings is 2. The molecule has 0 saturated carbocycles. The van der Waals surface area contributed by atoms with Gasteiger partial charge in [-0.15, -0.1) is 0 Å². The van der Waals surface area contributed by atoms with E-state index in [9.17, 15) is 4.79 Å². The van der Waals surface area contributed by atoms with Crippen molar-refractivity contribution in [3.05, 3.63) is 71.0 Å². The SMILES string of the molecule is COc1cc(-c2cnn(C)c2)ccc1C(=O)Cc1c(C)cccc1C. The summed E-state index contributed by atoms with van der Waals surface area (Å²) in [4.78, 5) is 12.9. The van der Waals surface area contributed by atoms with E-state index in [1.165, 1.54) is 0 Å². The Morgan fingerprint density at radius 1 is 1.12 bits per heavy atom. The predicted molar refractivity (Wildman–Crippen MR) is 99.1 cm³/mol. The molecule has 0 spiro atoms. The highest BCUT2D eigenvalue weighted by atomic mass is 16.5. The molecule has 0 amide bonds. The zero-order valence-electron chi connectivity index (χ0n) is 15.0. The highest BCUT2D eigenvalue weighted by molar-refractivity contribution is 6.00. The number of aromatic nitrogens is 2. The lowest BCUT2D eigenvalue weighted by molar-refractivity contribution is 0.0989. The summed E-state index contributed by atoms with van der Waals surface area (Å²) in [5, 5.41) is 4.19. The third-order valence-electron chi connectivity index (χ3n) is 4.52. The molecule has 0 saturated heterocycles. The molecule has 0 aliphatic rings. The van der Waals surface area contributed by atoms with Crippen molar-refractivity contribution in [3.63, 3.8) is 0 Å². The lowest BCUT2D eigenvalue weighted by Gasteiger charge is -2.12. The Morgan fingerprint density at radius 2 is 1.84 bits per heavy atom. The standard InChI is InChI=1S/C21H22N2O2/c1-14-6-5-7-15(2)19(14)11-20(24)18-9-8-16(10-21(18)25-4)17-12-22-23(3)13-17/h5-10,12-13H,11H2,1-4H3. The Balaban J connectivity index is 1.92. The third-order valence-corrected chi connectivity index (χ3v) is 4.52. The van der Waals surface area contributed by atoms with Crippen LogP contribution in [0.3, 0.4) is 0 Å². The largest absolute Gasteiger partial charge is 0.496 e. The molecule has 25 heavy (non-hydrogen) atoms. The first-order valence-electron chi connectivity index (χ1n) is 8.25. The maximum atomic E-state index is 12.9. The van der Waals surface area contributed by atoms with Gasteiger partial charge in [0.15, 0.2) is 5.78 Å². The topological polar surface area (TPSA) is 44.1 Å². The van der Waals surface area contributed by atoms with Gasteiger partial charge in [-0.3, -0.25) is 9.48 Å². The summed E-state index contributed by atoms with van der Waals surface area (Å²) in [6.45, 7) is 4.08. The van der Waals surface area contributed by atoms with Gasteiger partial charge in [0.2, 0.25) is 0 Å². The van der Waals surface area contributed by atoms with Crippen molar-refractivity contribution in [2.45, 2.75) is 20.3 Å². The highest BCUT2D eigenvalue weighted by Gasteiger charge is 2.16. The normalized spacial score (nSPS) is 10.7. The van der Waals surface area contributed by atoms with Gasteiger partial charge in [-0.1, -0.05) is 24.3 Å². The number of rotatable bonds is 5. The quantitative estimate of drug-likeness (QED) is 0.659. The van der Waals surface area contributed by atoms with Crippen molar-refractivity contribution in [2.24, 2.45) is 7.05 Å². The Morgan fingerprint density at radius 3 is 2.44 bits per heavy atom. The van der Waals surface area contributed by atoms with Gasteiger partial charge in [-0.05, 0) is 48.2 Å². The Hall–Kier alpha value is -2.88. The molecule has 0 bridgehead atoms. The molecule has 0 fully saturated rings. The second kappa shape index (κ2) is 6.93. The number of methoxy groups -OCH3 is 1. The molecular formula is C21H22N2O2. The second-order valence-electron chi connectivity index (χ2n) is 6.29. The number of aryl methyl sites for hydroxylation is 3. The fraction of sp³-hybridized carbons (Fsp3) is 0.238. The third kappa shape index (κ3) is 3.48. The first-order chi connectivity index (χ1) is 12.0. The van der Waals surface area contributed by atoms with E-state index in [0.717, 1.165) is 27.8 Å². The lowest BCUT2D eigenvalue weighted by atomic mass is 9.94. The van der Waals surface area contributed by atoms with Gasteiger partial charge in [0, 0.05) is 25.2 Å². The number of nitrogens with zero attached hydrogens (tertiary/aromatic N) is 2. The van der Waals surface area contributed by atoms with E-state index in [-0.39, 0.29) is 5.78 Å². The summed E-state index contributed by atoms with van der Waals surface area (Å²) in [7, 11) is 3.47. The summed E-state index contributed by atoms with van der Waals surface area (Å²) in [6, 6.07) is 11.8. The van der Waals surface area contributed by atoms with Crippen LogP contribution in [0, 0.1) is 13.8 Å². The number of ketones is 1. The van der Waals surface area contributed by atoms with Gasteiger partial charge in [-0.25, -0.2) is 0 Å². The fourth-order valence-electron chi connectivity index (χ4n) is 3.06. The molecule has 0 unspecified atom stereocenters. The highest BCUT2D eigenvalue weighted by Crippen LogP contribution is 2.28.